The molecule has 3 rings (SSSR count). The molecule has 4 nitrogen and oxygen atoms in total. The minimum absolute atomic E-state index is 0.0506. The summed E-state index contributed by atoms with van der Waals surface area (Å²) < 4.78 is 65.9. The molecular formula is C16H14ClF3N2O2S. The number of alkyl halides is 3. The summed E-state index contributed by atoms with van der Waals surface area (Å²) in [6.45, 7) is 0.0964. The lowest BCUT2D eigenvalue weighted by Crippen LogP contribution is -2.35. The Morgan fingerprint density at radius 1 is 1.12 bits per heavy atom. The third-order valence-electron chi connectivity index (χ3n) is 4.04. The third-order valence-corrected chi connectivity index (χ3v) is 6.20. The smallest absolute Gasteiger partial charge is 0.397 e. The zero-order valence-electron chi connectivity index (χ0n) is 12.8. The molecule has 0 bridgehead atoms. The molecule has 2 aromatic carbocycles. The molecular weight excluding hydrogens is 377 g/mol. The highest BCUT2D eigenvalue weighted by atomic mass is 35.5. The van der Waals surface area contributed by atoms with E-state index in [4.69, 9.17) is 17.3 Å². The largest absolute Gasteiger partial charge is 0.416 e. The van der Waals surface area contributed by atoms with E-state index in [0.717, 1.165) is 16.4 Å². The van der Waals surface area contributed by atoms with Gasteiger partial charge in [-0.1, -0.05) is 17.7 Å². The first-order chi connectivity index (χ1) is 11.6. The van der Waals surface area contributed by atoms with Crippen LogP contribution in [0.3, 0.4) is 0 Å². The molecule has 0 spiro atoms. The number of nitrogens with two attached hydrogens (primary N) is 1. The highest BCUT2D eigenvalue weighted by molar-refractivity contribution is 7.92. The maximum absolute atomic E-state index is 13.0. The number of hydrogen-bond acceptors (Lipinski definition) is 3. The maximum Gasteiger partial charge on any atom is 0.416 e. The van der Waals surface area contributed by atoms with Crippen molar-refractivity contribution in [1.29, 1.82) is 0 Å². The first-order valence-corrected chi connectivity index (χ1v) is 9.20. The average molecular weight is 391 g/mol. The van der Waals surface area contributed by atoms with E-state index in [1.165, 1.54) is 24.3 Å². The van der Waals surface area contributed by atoms with Crippen LogP contribution in [0.1, 0.15) is 17.5 Å². The van der Waals surface area contributed by atoms with Gasteiger partial charge in [-0.05, 0) is 48.7 Å². The molecule has 134 valence electrons. The predicted octanol–water partition coefficient (Wildman–Crippen LogP) is 4.08. The second kappa shape index (κ2) is 6.10. The molecule has 0 aromatic heterocycles. The van der Waals surface area contributed by atoms with Crippen molar-refractivity contribution in [2.75, 3.05) is 16.6 Å². The zero-order valence-corrected chi connectivity index (χ0v) is 14.4. The summed E-state index contributed by atoms with van der Waals surface area (Å²) in [6, 6.07) is 7.02. The van der Waals surface area contributed by atoms with Gasteiger partial charge in [0.05, 0.1) is 26.9 Å². The topological polar surface area (TPSA) is 63.4 Å². The molecule has 25 heavy (non-hydrogen) atoms. The molecule has 0 radical (unpaired) electrons. The lowest BCUT2D eigenvalue weighted by atomic mass is 10.0. The number of aryl methyl sites for hydroxylation is 1. The Kier molecular flexibility index (Phi) is 4.36. The van der Waals surface area contributed by atoms with Gasteiger partial charge in [-0.25, -0.2) is 8.42 Å². The number of benzene rings is 2. The highest BCUT2D eigenvalue weighted by Crippen LogP contribution is 2.38. The number of nitrogens with zero attached hydrogens (tertiary/aromatic N) is 1. The molecule has 0 unspecified atom stereocenters. The van der Waals surface area contributed by atoms with Crippen molar-refractivity contribution in [1.82, 2.24) is 0 Å². The minimum Gasteiger partial charge on any atom is -0.397 e. The van der Waals surface area contributed by atoms with Gasteiger partial charge in [0.25, 0.3) is 10.0 Å². The summed E-state index contributed by atoms with van der Waals surface area (Å²) in [5, 5.41) is 0.206. The maximum atomic E-state index is 13.0. The molecule has 0 atom stereocenters. The monoisotopic (exact) mass is 390 g/mol. The van der Waals surface area contributed by atoms with E-state index in [1.54, 1.807) is 0 Å². The van der Waals surface area contributed by atoms with E-state index in [2.05, 4.69) is 0 Å². The number of anilines is 2. The van der Waals surface area contributed by atoms with Gasteiger partial charge >= 0.3 is 6.18 Å². The van der Waals surface area contributed by atoms with Crippen molar-refractivity contribution >= 4 is 33.0 Å². The molecule has 0 saturated heterocycles. The lowest BCUT2D eigenvalue weighted by Gasteiger charge is -2.31. The van der Waals surface area contributed by atoms with Gasteiger partial charge in [0.1, 0.15) is 0 Å². The molecule has 9 heteroatoms. The Hall–Kier alpha value is -1.93. The van der Waals surface area contributed by atoms with Gasteiger partial charge < -0.3 is 5.73 Å². The van der Waals surface area contributed by atoms with Crippen molar-refractivity contribution in [2.24, 2.45) is 0 Å². The number of hydrogen-bond donors (Lipinski definition) is 1. The predicted molar refractivity (Wildman–Crippen MR) is 90.2 cm³/mol. The summed E-state index contributed by atoms with van der Waals surface area (Å²) >= 11 is 5.81. The fourth-order valence-electron chi connectivity index (χ4n) is 2.78. The fourth-order valence-corrected chi connectivity index (χ4v) is 4.46. The Balaban J connectivity index is 2.11. The van der Waals surface area contributed by atoms with Gasteiger partial charge in [0.15, 0.2) is 0 Å². The van der Waals surface area contributed by atoms with Gasteiger partial charge in [0.2, 0.25) is 0 Å². The fraction of sp³-hybridized carbons (Fsp3) is 0.250. The summed E-state index contributed by atoms with van der Waals surface area (Å²) in [7, 11) is -4.05. The van der Waals surface area contributed by atoms with Crippen LogP contribution in [0.25, 0.3) is 0 Å². The average Bonchev–Trinajstić information content (AvgIpc) is 2.55. The Morgan fingerprint density at radius 2 is 1.84 bits per heavy atom. The Bertz CT molecular complexity index is 929. The number of fused-ring (bicyclic) bond motifs is 1. The standard InChI is InChI=1S/C16H14ClF3N2O2S/c17-13-6-5-12(9-14(13)21)25(23,24)22-7-1-2-10-3-4-11(8-15(10)22)16(18,19)20/h3-6,8-9H,1-2,7,21H2. The Morgan fingerprint density at radius 3 is 2.48 bits per heavy atom. The Labute approximate surface area is 148 Å². The van der Waals surface area contributed by atoms with Crippen LogP contribution in [-0.4, -0.2) is 15.0 Å². The minimum atomic E-state index is -4.55. The molecule has 2 N–H and O–H groups in total. The SMILES string of the molecule is Nc1cc(S(=O)(=O)N2CCCc3ccc(C(F)(F)F)cc32)ccc1Cl. The molecule has 1 heterocycles. The summed E-state index contributed by atoms with van der Waals surface area (Å²) in [5.74, 6) is 0. The van der Waals surface area contributed by atoms with Crippen molar-refractivity contribution < 1.29 is 21.6 Å². The second-order valence-corrected chi connectivity index (χ2v) is 7.97. The number of halogens is 4. The van der Waals surface area contributed by atoms with Crippen molar-refractivity contribution in [2.45, 2.75) is 23.9 Å². The van der Waals surface area contributed by atoms with Crippen LogP contribution < -0.4 is 10.0 Å². The second-order valence-electron chi connectivity index (χ2n) is 5.71. The first kappa shape index (κ1) is 17.9. The number of nitrogen functional groups attached to an aromatic ring is 1. The molecule has 0 saturated carbocycles. The van der Waals surface area contributed by atoms with E-state index in [9.17, 15) is 21.6 Å². The van der Waals surface area contributed by atoms with Gasteiger partial charge in [-0.3, -0.25) is 4.31 Å². The normalized spacial score (nSPS) is 15.1. The van der Waals surface area contributed by atoms with E-state index in [1.807, 2.05) is 0 Å². The number of rotatable bonds is 2. The molecule has 0 amide bonds. The van der Waals surface area contributed by atoms with Crippen LogP contribution in [-0.2, 0) is 22.6 Å². The number of sulfonamides is 1. The van der Waals surface area contributed by atoms with E-state index < -0.39 is 21.8 Å². The van der Waals surface area contributed by atoms with Crippen molar-refractivity contribution in [3.05, 3.63) is 52.5 Å². The highest BCUT2D eigenvalue weighted by Gasteiger charge is 2.35. The quantitative estimate of drug-likeness (QED) is 0.786. The summed E-state index contributed by atoms with van der Waals surface area (Å²) in [6.07, 6.45) is -3.52. The van der Waals surface area contributed by atoms with Crippen molar-refractivity contribution in [3.63, 3.8) is 0 Å². The van der Waals surface area contributed by atoms with Crippen LogP contribution >= 0.6 is 11.6 Å². The first-order valence-electron chi connectivity index (χ1n) is 7.38. The lowest BCUT2D eigenvalue weighted by molar-refractivity contribution is -0.137. The molecule has 0 aliphatic carbocycles. The molecule has 0 fully saturated rings. The molecule has 1 aliphatic rings. The summed E-state index contributed by atoms with van der Waals surface area (Å²) in [4.78, 5) is -0.111. The van der Waals surface area contributed by atoms with Crippen LogP contribution in [0.15, 0.2) is 41.3 Å². The van der Waals surface area contributed by atoms with Crippen LogP contribution in [0.4, 0.5) is 24.5 Å². The van der Waals surface area contributed by atoms with Gasteiger partial charge in [-0.2, -0.15) is 13.2 Å². The van der Waals surface area contributed by atoms with Crippen LogP contribution in [0.5, 0.6) is 0 Å². The third kappa shape index (κ3) is 3.28. The van der Waals surface area contributed by atoms with E-state index >= 15 is 0 Å². The van der Waals surface area contributed by atoms with Crippen LogP contribution in [0, 0.1) is 0 Å². The molecule has 1 aliphatic heterocycles. The van der Waals surface area contributed by atoms with E-state index in [0.29, 0.717) is 18.4 Å². The zero-order chi connectivity index (χ0) is 18.4. The summed E-state index contributed by atoms with van der Waals surface area (Å²) in [5.41, 5.74) is 5.47. The van der Waals surface area contributed by atoms with E-state index in [-0.39, 0.29) is 27.8 Å². The van der Waals surface area contributed by atoms with Crippen LogP contribution in [0.2, 0.25) is 5.02 Å². The molecule has 2 aromatic rings. The van der Waals surface area contributed by atoms with Gasteiger partial charge in [0, 0.05) is 6.54 Å². The van der Waals surface area contributed by atoms with Crippen molar-refractivity contribution in [3.8, 4) is 0 Å². The van der Waals surface area contributed by atoms with Gasteiger partial charge in [-0.15, -0.1) is 0 Å².